The summed E-state index contributed by atoms with van der Waals surface area (Å²) in [5, 5.41) is 17.9. The first-order chi connectivity index (χ1) is 25.8. The second-order valence-corrected chi connectivity index (χ2v) is 14.0. The van der Waals surface area contributed by atoms with E-state index in [2.05, 4.69) is 194 Å². The van der Waals surface area contributed by atoms with Crippen LogP contribution in [0.15, 0.2) is 194 Å². The van der Waals surface area contributed by atoms with Crippen LogP contribution in [0.25, 0.3) is 109 Å². The molecule has 0 heterocycles. The van der Waals surface area contributed by atoms with Crippen molar-refractivity contribution in [3.63, 3.8) is 0 Å². The molecule has 0 aromatic heterocycles. The van der Waals surface area contributed by atoms with Crippen LogP contribution in [-0.4, -0.2) is 0 Å². The summed E-state index contributed by atoms with van der Waals surface area (Å²) in [4.78, 5) is 0. The van der Waals surface area contributed by atoms with E-state index in [1.807, 2.05) is 0 Å². The van der Waals surface area contributed by atoms with Crippen LogP contribution in [0.4, 0.5) is 0 Å². The van der Waals surface area contributed by atoms with E-state index < -0.39 is 0 Å². The van der Waals surface area contributed by atoms with Gasteiger partial charge in [0.25, 0.3) is 0 Å². The second kappa shape index (κ2) is 11.4. The lowest BCUT2D eigenvalue weighted by atomic mass is 9.85. The predicted molar refractivity (Wildman–Crippen MR) is 225 cm³/mol. The van der Waals surface area contributed by atoms with E-state index in [0.29, 0.717) is 0 Å². The van der Waals surface area contributed by atoms with Crippen LogP contribution in [-0.2, 0) is 0 Å². The number of rotatable bonds is 3. The van der Waals surface area contributed by atoms with Gasteiger partial charge in [-0.25, -0.2) is 0 Å². The predicted octanol–water partition coefficient (Wildman–Crippen LogP) is 14.8. The highest BCUT2D eigenvalue weighted by molar-refractivity contribution is 6.24. The SMILES string of the molecule is c1ccc2cc(-c3c4ccccc4c(-c4ccc5cc(-c6cc7ccc8ccccc8c7c7ccccc67)ccc5c4)c4ccccc34)ccc2c1. The van der Waals surface area contributed by atoms with E-state index in [0.717, 1.165) is 0 Å². The third-order valence-electron chi connectivity index (χ3n) is 11.2. The van der Waals surface area contributed by atoms with E-state index in [4.69, 9.17) is 0 Å². The Morgan fingerprint density at radius 3 is 1.21 bits per heavy atom. The highest BCUT2D eigenvalue weighted by Crippen LogP contribution is 2.45. The molecule has 0 saturated carbocycles. The Hall–Kier alpha value is -6.76. The first-order valence-corrected chi connectivity index (χ1v) is 18.1. The molecule has 0 aliphatic heterocycles. The average Bonchev–Trinajstić information content (AvgIpc) is 3.21. The van der Waals surface area contributed by atoms with Crippen molar-refractivity contribution >= 4 is 75.4 Å². The number of fused-ring (bicyclic) bond motifs is 9. The Kier molecular flexibility index (Phi) is 6.35. The first kappa shape index (κ1) is 29.0. The van der Waals surface area contributed by atoms with E-state index in [9.17, 15) is 0 Å². The molecule has 52 heavy (non-hydrogen) atoms. The maximum Gasteiger partial charge on any atom is -0.00262 e. The van der Waals surface area contributed by atoms with Crippen molar-refractivity contribution in [2.45, 2.75) is 0 Å². The van der Waals surface area contributed by atoms with Gasteiger partial charge >= 0.3 is 0 Å². The molecular weight excluding hydrogens is 625 g/mol. The third-order valence-corrected chi connectivity index (χ3v) is 11.2. The molecule has 0 heteroatoms. The Morgan fingerprint density at radius 2 is 0.596 bits per heavy atom. The van der Waals surface area contributed by atoms with Crippen LogP contribution in [0.3, 0.4) is 0 Å². The minimum Gasteiger partial charge on any atom is -0.0616 e. The van der Waals surface area contributed by atoms with Gasteiger partial charge in [0.15, 0.2) is 0 Å². The molecule has 240 valence electrons. The monoisotopic (exact) mass is 656 g/mol. The topological polar surface area (TPSA) is 0 Å². The molecule has 0 unspecified atom stereocenters. The molecule has 0 atom stereocenters. The van der Waals surface area contributed by atoms with Crippen LogP contribution < -0.4 is 0 Å². The van der Waals surface area contributed by atoms with Crippen molar-refractivity contribution in [3.8, 4) is 33.4 Å². The molecule has 0 spiro atoms. The standard InChI is InChI=1S/C52H32/c1-2-13-35-30-39(26-21-33(35)11-1)51-45-17-7-9-19-47(45)52(48-20-10-8-18-46(48)51)40-28-24-36-29-38(25-23-37(36)31-40)49-32-41-27-22-34-12-3-4-14-42(34)50(41)44-16-6-5-15-43(44)49/h1-32H. The van der Waals surface area contributed by atoms with E-state index in [1.165, 1.54) is 109 Å². The molecule has 0 radical (unpaired) electrons. The number of hydrogen-bond acceptors (Lipinski definition) is 0. The van der Waals surface area contributed by atoms with E-state index >= 15 is 0 Å². The fourth-order valence-electron chi connectivity index (χ4n) is 8.78. The van der Waals surface area contributed by atoms with Gasteiger partial charge in [-0.05, 0) is 133 Å². The number of benzene rings is 11. The molecule has 11 aromatic rings. The summed E-state index contributed by atoms with van der Waals surface area (Å²) in [6, 6.07) is 71.9. The minimum atomic E-state index is 1.24. The molecule has 0 N–H and O–H groups in total. The lowest BCUT2D eigenvalue weighted by molar-refractivity contribution is 1.67. The van der Waals surface area contributed by atoms with E-state index in [-0.39, 0.29) is 0 Å². The number of hydrogen-bond donors (Lipinski definition) is 0. The van der Waals surface area contributed by atoms with Crippen LogP contribution in [0, 0.1) is 0 Å². The molecule has 0 bridgehead atoms. The van der Waals surface area contributed by atoms with Crippen LogP contribution in [0.1, 0.15) is 0 Å². The second-order valence-electron chi connectivity index (χ2n) is 14.0. The smallest absolute Gasteiger partial charge is 0.00262 e. The molecule has 0 aliphatic rings. The van der Waals surface area contributed by atoms with Crippen molar-refractivity contribution in [1.29, 1.82) is 0 Å². The molecular formula is C52H32. The Labute approximate surface area is 301 Å². The van der Waals surface area contributed by atoms with Gasteiger partial charge in [-0.2, -0.15) is 0 Å². The highest BCUT2D eigenvalue weighted by Gasteiger charge is 2.18. The highest BCUT2D eigenvalue weighted by atomic mass is 14.2. The first-order valence-electron chi connectivity index (χ1n) is 18.1. The zero-order valence-electron chi connectivity index (χ0n) is 28.5. The van der Waals surface area contributed by atoms with Crippen molar-refractivity contribution in [2.24, 2.45) is 0 Å². The fourth-order valence-corrected chi connectivity index (χ4v) is 8.78. The summed E-state index contributed by atoms with van der Waals surface area (Å²) in [6.07, 6.45) is 0. The third kappa shape index (κ3) is 4.41. The zero-order valence-corrected chi connectivity index (χ0v) is 28.5. The van der Waals surface area contributed by atoms with Crippen molar-refractivity contribution in [2.75, 3.05) is 0 Å². The summed E-state index contributed by atoms with van der Waals surface area (Å²) < 4.78 is 0. The van der Waals surface area contributed by atoms with Crippen LogP contribution in [0.5, 0.6) is 0 Å². The fraction of sp³-hybridized carbons (Fsp3) is 0. The summed E-state index contributed by atoms with van der Waals surface area (Å²) in [7, 11) is 0. The Bertz CT molecular complexity index is 3180. The van der Waals surface area contributed by atoms with Gasteiger partial charge in [-0.3, -0.25) is 0 Å². The lowest BCUT2D eigenvalue weighted by Crippen LogP contribution is -1.91. The van der Waals surface area contributed by atoms with Gasteiger partial charge in [0.1, 0.15) is 0 Å². The average molecular weight is 657 g/mol. The van der Waals surface area contributed by atoms with Crippen LogP contribution >= 0.6 is 0 Å². The van der Waals surface area contributed by atoms with Gasteiger partial charge in [0, 0.05) is 0 Å². The summed E-state index contributed by atoms with van der Waals surface area (Å²) in [5.41, 5.74) is 7.57. The Morgan fingerprint density at radius 1 is 0.212 bits per heavy atom. The maximum absolute atomic E-state index is 2.38. The van der Waals surface area contributed by atoms with Gasteiger partial charge in [0.2, 0.25) is 0 Å². The summed E-state index contributed by atoms with van der Waals surface area (Å²) >= 11 is 0. The van der Waals surface area contributed by atoms with Crippen LogP contribution in [0.2, 0.25) is 0 Å². The largest absolute Gasteiger partial charge is 0.0616 e. The maximum atomic E-state index is 2.38. The van der Waals surface area contributed by atoms with Gasteiger partial charge in [-0.15, -0.1) is 0 Å². The molecule has 0 nitrogen and oxygen atoms in total. The molecule has 0 aliphatic carbocycles. The molecule has 0 fully saturated rings. The summed E-state index contributed by atoms with van der Waals surface area (Å²) in [6.45, 7) is 0. The Balaban J connectivity index is 1.09. The summed E-state index contributed by atoms with van der Waals surface area (Å²) in [5.74, 6) is 0. The van der Waals surface area contributed by atoms with Gasteiger partial charge in [0.05, 0.1) is 0 Å². The molecule has 0 amide bonds. The molecule has 11 rings (SSSR count). The van der Waals surface area contributed by atoms with Gasteiger partial charge < -0.3 is 0 Å². The molecule has 11 aromatic carbocycles. The van der Waals surface area contributed by atoms with Crippen molar-refractivity contribution < 1.29 is 0 Å². The molecule has 0 saturated heterocycles. The van der Waals surface area contributed by atoms with E-state index in [1.54, 1.807) is 0 Å². The minimum absolute atomic E-state index is 1.24. The van der Waals surface area contributed by atoms with Crippen molar-refractivity contribution in [1.82, 2.24) is 0 Å². The van der Waals surface area contributed by atoms with Gasteiger partial charge in [-0.1, -0.05) is 170 Å². The normalized spacial score (nSPS) is 11.8. The zero-order chi connectivity index (χ0) is 34.2. The lowest BCUT2D eigenvalue weighted by Gasteiger charge is -2.18. The quantitative estimate of drug-likeness (QED) is 0.131. The van der Waals surface area contributed by atoms with Crippen molar-refractivity contribution in [3.05, 3.63) is 194 Å².